The van der Waals surface area contributed by atoms with E-state index in [-0.39, 0.29) is 12.4 Å². The van der Waals surface area contributed by atoms with Crippen LogP contribution >= 0.6 is 12.4 Å². The van der Waals surface area contributed by atoms with Crippen LogP contribution in [-0.2, 0) is 6.54 Å². The first kappa shape index (κ1) is 18.1. The van der Waals surface area contributed by atoms with Crippen molar-refractivity contribution in [2.75, 3.05) is 12.3 Å². The minimum absolute atomic E-state index is 0. The van der Waals surface area contributed by atoms with Gasteiger partial charge in [0.15, 0.2) is 5.82 Å². The summed E-state index contributed by atoms with van der Waals surface area (Å²) in [4.78, 5) is 12.8. The highest BCUT2D eigenvalue weighted by atomic mass is 35.5. The van der Waals surface area contributed by atoms with E-state index in [0.717, 1.165) is 29.9 Å². The number of anilines is 1. The highest BCUT2D eigenvalue weighted by molar-refractivity contribution is 5.86. The molecule has 0 amide bonds. The lowest BCUT2D eigenvalue weighted by Gasteiger charge is -2.09. The molecule has 0 aliphatic rings. The van der Waals surface area contributed by atoms with Gasteiger partial charge < -0.3 is 11.1 Å². The van der Waals surface area contributed by atoms with Crippen LogP contribution in [0.5, 0.6) is 0 Å². The second-order valence-corrected chi connectivity index (χ2v) is 6.05. The Hall–Kier alpha value is -2.24. The molecule has 126 valence electrons. The van der Waals surface area contributed by atoms with Crippen LogP contribution in [0.25, 0.3) is 22.3 Å². The zero-order valence-electron chi connectivity index (χ0n) is 13.9. The van der Waals surface area contributed by atoms with Crippen molar-refractivity contribution in [2.45, 2.75) is 20.4 Å². The van der Waals surface area contributed by atoms with Crippen LogP contribution < -0.4 is 11.1 Å². The van der Waals surface area contributed by atoms with Crippen molar-refractivity contribution in [3.05, 3.63) is 48.3 Å². The number of aromatic nitrogens is 3. The summed E-state index contributed by atoms with van der Waals surface area (Å²) in [6, 6.07) is 12.3. The van der Waals surface area contributed by atoms with Gasteiger partial charge in [0.05, 0.1) is 11.2 Å². The van der Waals surface area contributed by atoms with Gasteiger partial charge in [-0.3, -0.25) is 0 Å². The summed E-state index contributed by atoms with van der Waals surface area (Å²) >= 11 is 0. The lowest BCUT2D eigenvalue weighted by atomic mass is 10.1. The predicted molar refractivity (Wildman–Crippen MR) is 101 cm³/mol. The lowest BCUT2D eigenvalue weighted by Crippen LogP contribution is -2.18. The van der Waals surface area contributed by atoms with Gasteiger partial charge in [-0.1, -0.05) is 32.0 Å². The van der Waals surface area contributed by atoms with Crippen molar-refractivity contribution in [3.63, 3.8) is 0 Å². The summed E-state index contributed by atoms with van der Waals surface area (Å²) in [6.45, 7) is 6.26. The van der Waals surface area contributed by atoms with Gasteiger partial charge in [0.25, 0.3) is 0 Å². The minimum Gasteiger partial charge on any atom is -0.382 e. The predicted octanol–water partition coefficient (Wildman–Crippen LogP) is 3.44. The van der Waals surface area contributed by atoms with Crippen molar-refractivity contribution < 1.29 is 0 Å². The summed E-state index contributed by atoms with van der Waals surface area (Å²) in [5.74, 6) is 1.05. The fourth-order valence-electron chi connectivity index (χ4n) is 2.47. The molecule has 5 nitrogen and oxygen atoms in total. The Morgan fingerprint density at radius 1 is 1.12 bits per heavy atom. The van der Waals surface area contributed by atoms with E-state index in [1.165, 1.54) is 11.9 Å². The van der Waals surface area contributed by atoms with Crippen LogP contribution in [0.2, 0.25) is 0 Å². The average Bonchev–Trinajstić information content (AvgIpc) is 2.55. The standard InChI is InChI=1S/C18H21N5.ClH/c1-12(2)9-20-10-13-4-3-5-14(8-13)15-6-7-16-17(23-15)18(19)22-11-21-16;/h3-8,11-12,20H,9-10H2,1-2H3,(H2,19,21,22);1H. The number of hydrogen-bond acceptors (Lipinski definition) is 5. The Morgan fingerprint density at radius 3 is 2.75 bits per heavy atom. The Kier molecular flexibility index (Phi) is 6.06. The third kappa shape index (κ3) is 4.19. The molecule has 0 aliphatic carbocycles. The Balaban J connectivity index is 0.00000208. The van der Waals surface area contributed by atoms with Crippen LogP contribution in [0.4, 0.5) is 5.82 Å². The third-order valence-corrected chi connectivity index (χ3v) is 3.61. The van der Waals surface area contributed by atoms with Gasteiger partial charge in [-0.15, -0.1) is 12.4 Å². The highest BCUT2D eigenvalue weighted by Gasteiger charge is 2.06. The quantitative estimate of drug-likeness (QED) is 0.742. The minimum atomic E-state index is 0. The number of pyridine rings is 1. The highest BCUT2D eigenvalue weighted by Crippen LogP contribution is 2.22. The molecule has 0 aliphatic heterocycles. The zero-order chi connectivity index (χ0) is 16.2. The molecule has 0 spiro atoms. The first-order valence-corrected chi connectivity index (χ1v) is 7.81. The molecule has 3 rings (SSSR count). The average molecular weight is 344 g/mol. The van der Waals surface area contributed by atoms with E-state index in [9.17, 15) is 0 Å². The number of rotatable bonds is 5. The van der Waals surface area contributed by atoms with Crippen LogP contribution in [0.3, 0.4) is 0 Å². The molecule has 2 aromatic heterocycles. The third-order valence-electron chi connectivity index (χ3n) is 3.61. The second-order valence-electron chi connectivity index (χ2n) is 6.05. The number of nitrogens with one attached hydrogen (secondary N) is 1. The number of hydrogen-bond donors (Lipinski definition) is 2. The van der Waals surface area contributed by atoms with Gasteiger partial charge >= 0.3 is 0 Å². The Labute approximate surface area is 148 Å². The van der Waals surface area contributed by atoms with E-state index >= 15 is 0 Å². The summed E-state index contributed by atoms with van der Waals surface area (Å²) in [6.07, 6.45) is 1.46. The van der Waals surface area contributed by atoms with Crippen molar-refractivity contribution in [1.29, 1.82) is 0 Å². The first-order chi connectivity index (χ1) is 11.1. The molecule has 0 atom stereocenters. The van der Waals surface area contributed by atoms with Crippen molar-refractivity contribution in [2.24, 2.45) is 5.92 Å². The molecule has 2 heterocycles. The molecule has 0 bridgehead atoms. The van der Waals surface area contributed by atoms with Gasteiger partial charge in [-0.2, -0.15) is 0 Å². The van der Waals surface area contributed by atoms with Gasteiger partial charge in [-0.25, -0.2) is 15.0 Å². The maximum Gasteiger partial charge on any atom is 0.153 e. The van der Waals surface area contributed by atoms with E-state index in [0.29, 0.717) is 17.3 Å². The topological polar surface area (TPSA) is 76.7 Å². The lowest BCUT2D eigenvalue weighted by molar-refractivity contribution is 0.552. The van der Waals surface area contributed by atoms with Gasteiger partial charge in [0.1, 0.15) is 11.8 Å². The van der Waals surface area contributed by atoms with Gasteiger partial charge in [-0.05, 0) is 36.2 Å². The Bertz CT molecular complexity index is 819. The van der Waals surface area contributed by atoms with E-state index < -0.39 is 0 Å². The SMILES string of the molecule is CC(C)CNCc1cccc(-c2ccc3ncnc(N)c3n2)c1.Cl. The molecular formula is C18H22ClN5. The van der Waals surface area contributed by atoms with Crippen LogP contribution in [0.1, 0.15) is 19.4 Å². The summed E-state index contributed by atoms with van der Waals surface area (Å²) in [5, 5.41) is 3.46. The van der Waals surface area contributed by atoms with E-state index in [4.69, 9.17) is 5.73 Å². The van der Waals surface area contributed by atoms with Crippen molar-refractivity contribution in [1.82, 2.24) is 20.3 Å². The van der Waals surface area contributed by atoms with Crippen molar-refractivity contribution >= 4 is 29.3 Å². The molecule has 6 heteroatoms. The largest absolute Gasteiger partial charge is 0.382 e. The van der Waals surface area contributed by atoms with Crippen molar-refractivity contribution in [3.8, 4) is 11.3 Å². The number of benzene rings is 1. The smallest absolute Gasteiger partial charge is 0.153 e. The van der Waals surface area contributed by atoms with Crippen LogP contribution in [0.15, 0.2) is 42.7 Å². The molecule has 0 radical (unpaired) electrons. The monoisotopic (exact) mass is 343 g/mol. The molecule has 0 unspecified atom stereocenters. The fraction of sp³-hybridized carbons (Fsp3) is 0.278. The number of nitrogen functional groups attached to an aromatic ring is 1. The maximum absolute atomic E-state index is 5.90. The van der Waals surface area contributed by atoms with Gasteiger partial charge in [0.2, 0.25) is 0 Å². The van der Waals surface area contributed by atoms with E-state index in [1.807, 2.05) is 12.1 Å². The molecule has 0 fully saturated rings. The first-order valence-electron chi connectivity index (χ1n) is 7.81. The molecule has 3 N–H and O–H groups in total. The van der Waals surface area contributed by atoms with Crippen LogP contribution in [-0.4, -0.2) is 21.5 Å². The van der Waals surface area contributed by atoms with Crippen LogP contribution in [0, 0.1) is 5.92 Å². The summed E-state index contributed by atoms with van der Waals surface area (Å²) < 4.78 is 0. The van der Waals surface area contributed by atoms with E-state index in [2.05, 4.69) is 58.4 Å². The Morgan fingerprint density at radius 2 is 1.96 bits per heavy atom. The molecule has 24 heavy (non-hydrogen) atoms. The molecular weight excluding hydrogens is 322 g/mol. The maximum atomic E-state index is 5.90. The number of nitrogens with zero attached hydrogens (tertiary/aromatic N) is 3. The number of fused-ring (bicyclic) bond motifs is 1. The normalized spacial score (nSPS) is 10.8. The summed E-state index contributed by atoms with van der Waals surface area (Å²) in [7, 11) is 0. The number of nitrogens with two attached hydrogens (primary N) is 1. The summed E-state index contributed by atoms with van der Waals surface area (Å²) in [5.41, 5.74) is 10.5. The molecule has 0 saturated carbocycles. The number of halogens is 1. The second kappa shape index (κ2) is 8.04. The molecule has 0 saturated heterocycles. The van der Waals surface area contributed by atoms with Gasteiger partial charge in [0, 0.05) is 12.1 Å². The zero-order valence-corrected chi connectivity index (χ0v) is 14.7. The van der Waals surface area contributed by atoms with E-state index in [1.54, 1.807) is 0 Å². The molecule has 1 aromatic carbocycles. The fourth-order valence-corrected chi connectivity index (χ4v) is 2.47. The molecule has 3 aromatic rings.